The summed E-state index contributed by atoms with van der Waals surface area (Å²) >= 11 is 0. The van der Waals surface area contributed by atoms with Gasteiger partial charge in [0, 0.05) is 34.2 Å². The third kappa shape index (κ3) is 7.10. The van der Waals surface area contributed by atoms with Gasteiger partial charge in [0.1, 0.15) is 36.6 Å². The van der Waals surface area contributed by atoms with Crippen molar-refractivity contribution in [2.45, 2.75) is 55.8 Å². The first-order valence-electron chi connectivity index (χ1n) is 11.3. The Hall–Kier alpha value is -1.91. The van der Waals surface area contributed by atoms with Crippen LogP contribution in [-0.4, -0.2) is 132 Å². The predicted molar refractivity (Wildman–Crippen MR) is 114 cm³/mol. The van der Waals surface area contributed by atoms with E-state index in [1.165, 1.54) is 21.3 Å². The minimum Gasteiger partial charge on any atom is -0.547 e. The highest BCUT2D eigenvalue weighted by Crippen LogP contribution is 2.32. The minimum atomic E-state index is -1.53. The maximum Gasteiger partial charge on any atom is 0.335 e. The van der Waals surface area contributed by atoms with Crippen molar-refractivity contribution in [3.8, 4) is 0 Å². The number of carbonyl (C=O) groups is 3. The number of carboxylic acids is 1. The lowest BCUT2D eigenvalue weighted by molar-refractivity contribution is -0.333. The van der Waals surface area contributed by atoms with Crippen LogP contribution in [0.25, 0.3) is 0 Å². The van der Waals surface area contributed by atoms with E-state index in [0.29, 0.717) is 0 Å². The van der Waals surface area contributed by atoms with Crippen molar-refractivity contribution in [3.63, 3.8) is 0 Å². The average Bonchev–Trinajstić information content (AvgIpc) is 2.83. The van der Waals surface area contributed by atoms with E-state index in [1.807, 2.05) is 0 Å². The molecule has 2 fully saturated rings. The van der Waals surface area contributed by atoms with Gasteiger partial charge in [-0.05, 0) is 0 Å². The van der Waals surface area contributed by atoms with Crippen LogP contribution in [-0.2, 0) is 52.3 Å². The maximum atomic E-state index is 12.4. The summed E-state index contributed by atoms with van der Waals surface area (Å²) in [5, 5.41) is 33.2. The lowest BCUT2D eigenvalue weighted by Gasteiger charge is -2.45. The molecule has 10 unspecified atom stereocenters. The average molecular weight is 524 g/mol. The van der Waals surface area contributed by atoms with Gasteiger partial charge in [0.15, 0.2) is 6.10 Å². The zero-order valence-corrected chi connectivity index (χ0v) is 20.9. The molecule has 0 amide bonds. The molecule has 0 spiro atoms. The summed E-state index contributed by atoms with van der Waals surface area (Å²) in [6, 6.07) is 0. The van der Waals surface area contributed by atoms with Gasteiger partial charge in [0.05, 0.1) is 51.5 Å². The SMILES string of the molecule is COCC1OC(C(=O)[O-])C(COCC2OC(C(=O)OC)C(COC)C(OC(C)=O)C2O)C(OC)C1O. The fraction of sp³-hybridized carbons (Fsp3) is 0.864. The molecule has 14 nitrogen and oxygen atoms in total. The summed E-state index contributed by atoms with van der Waals surface area (Å²) in [4.78, 5) is 35.8. The summed E-state index contributed by atoms with van der Waals surface area (Å²) in [5.41, 5.74) is 0. The molecule has 36 heavy (non-hydrogen) atoms. The number of carbonyl (C=O) groups excluding carboxylic acids is 3. The van der Waals surface area contributed by atoms with Crippen molar-refractivity contribution < 1.29 is 67.6 Å². The molecule has 2 aliphatic heterocycles. The number of aliphatic carboxylic acids is 1. The largest absolute Gasteiger partial charge is 0.547 e. The number of hydrogen-bond donors (Lipinski definition) is 2. The molecule has 0 aliphatic carbocycles. The van der Waals surface area contributed by atoms with Crippen molar-refractivity contribution >= 4 is 17.9 Å². The Bertz CT molecular complexity index is 732. The Kier molecular flexibility index (Phi) is 11.9. The zero-order chi connectivity index (χ0) is 27.0. The number of rotatable bonds is 12. The first-order valence-corrected chi connectivity index (χ1v) is 11.3. The molecular weight excluding hydrogens is 488 g/mol. The van der Waals surface area contributed by atoms with Crippen LogP contribution in [0.3, 0.4) is 0 Å². The lowest BCUT2D eigenvalue weighted by Crippen LogP contribution is -2.62. The summed E-state index contributed by atoms with van der Waals surface area (Å²) in [6.07, 6.45) is -9.66. The van der Waals surface area contributed by atoms with E-state index >= 15 is 0 Å². The molecule has 0 aromatic carbocycles. The Morgan fingerprint density at radius 2 is 1.36 bits per heavy atom. The van der Waals surface area contributed by atoms with Gasteiger partial charge in [0.25, 0.3) is 0 Å². The molecule has 2 heterocycles. The van der Waals surface area contributed by atoms with Crippen LogP contribution < -0.4 is 5.11 Å². The number of methoxy groups -OCH3 is 4. The van der Waals surface area contributed by atoms with Crippen molar-refractivity contribution in [2.75, 3.05) is 54.9 Å². The highest BCUT2D eigenvalue weighted by atomic mass is 16.6. The third-order valence-electron chi connectivity index (χ3n) is 6.22. The van der Waals surface area contributed by atoms with Gasteiger partial charge in [-0.1, -0.05) is 0 Å². The molecule has 208 valence electrons. The molecule has 2 aliphatic rings. The van der Waals surface area contributed by atoms with Crippen LogP contribution in [0, 0.1) is 11.8 Å². The smallest absolute Gasteiger partial charge is 0.335 e. The second-order valence-electron chi connectivity index (χ2n) is 8.56. The highest BCUT2D eigenvalue weighted by Gasteiger charge is 2.51. The zero-order valence-electron chi connectivity index (χ0n) is 20.9. The number of carboxylic acid groups (broad SMARTS) is 1. The van der Waals surface area contributed by atoms with Crippen LogP contribution in [0.2, 0.25) is 0 Å². The molecule has 10 atom stereocenters. The van der Waals surface area contributed by atoms with E-state index in [9.17, 15) is 29.7 Å². The van der Waals surface area contributed by atoms with Crippen LogP contribution in [0.4, 0.5) is 0 Å². The lowest BCUT2D eigenvalue weighted by atomic mass is 9.86. The Balaban J connectivity index is 2.17. The predicted octanol–water partition coefficient (Wildman–Crippen LogP) is -3.35. The molecule has 2 rings (SSSR count). The van der Waals surface area contributed by atoms with Crippen molar-refractivity contribution in [1.82, 2.24) is 0 Å². The molecule has 0 aromatic rings. The van der Waals surface area contributed by atoms with Crippen molar-refractivity contribution in [1.29, 1.82) is 0 Å². The summed E-state index contributed by atoms with van der Waals surface area (Å²) in [5.74, 6) is -4.85. The van der Waals surface area contributed by atoms with E-state index in [4.69, 9.17) is 37.9 Å². The summed E-state index contributed by atoms with van der Waals surface area (Å²) < 4.78 is 42.3. The van der Waals surface area contributed by atoms with Gasteiger partial charge in [-0.25, -0.2) is 4.79 Å². The Labute approximate surface area is 208 Å². The minimum absolute atomic E-state index is 0.0738. The van der Waals surface area contributed by atoms with Gasteiger partial charge in [-0.3, -0.25) is 4.79 Å². The molecule has 2 saturated heterocycles. The number of hydrogen-bond acceptors (Lipinski definition) is 14. The van der Waals surface area contributed by atoms with Crippen molar-refractivity contribution in [3.05, 3.63) is 0 Å². The maximum absolute atomic E-state index is 12.4. The summed E-state index contributed by atoms with van der Waals surface area (Å²) in [6.45, 7) is 0.362. The first kappa shape index (κ1) is 30.3. The fourth-order valence-electron chi connectivity index (χ4n) is 4.57. The highest BCUT2D eigenvalue weighted by molar-refractivity contribution is 5.75. The van der Waals surface area contributed by atoms with Crippen LogP contribution in [0.1, 0.15) is 6.92 Å². The standard InChI is InChI=1S/C22H36O14/c1-10(23)34-18-11(6-29-2)20(22(28)32-5)36-14(16(18)25)9-33-7-12-17(31-4)15(24)13(8-30-3)35-19(12)21(26)27/h11-20,24-25H,6-9H2,1-5H3,(H,26,27)/p-1. The molecule has 2 N–H and O–H groups in total. The normalized spacial score (nSPS) is 36.8. The van der Waals surface area contributed by atoms with E-state index in [0.717, 1.165) is 14.0 Å². The number of aliphatic hydroxyl groups is 2. The Morgan fingerprint density at radius 1 is 0.806 bits per heavy atom. The van der Waals surface area contributed by atoms with Crippen LogP contribution >= 0.6 is 0 Å². The van der Waals surface area contributed by atoms with Gasteiger partial charge < -0.3 is 58.0 Å². The fourth-order valence-corrected chi connectivity index (χ4v) is 4.57. The van der Waals surface area contributed by atoms with Gasteiger partial charge >= 0.3 is 11.9 Å². The Morgan fingerprint density at radius 3 is 1.89 bits per heavy atom. The topological polar surface area (TPSA) is 189 Å². The van der Waals surface area contributed by atoms with Gasteiger partial charge in [-0.2, -0.15) is 0 Å². The van der Waals surface area contributed by atoms with Gasteiger partial charge in [0.2, 0.25) is 0 Å². The number of esters is 2. The molecule has 14 heteroatoms. The van der Waals surface area contributed by atoms with Crippen molar-refractivity contribution in [2.24, 2.45) is 11.8 Å². The monoisotopic (exact) mass is 523 g/mol. The molecule has 0 aromatic heterocycles. The summed E-state index contributed by atoms with van der Waals surface area (Å²) in [7, 11) is 5.21. The second-order valence-corrected chi connectivity index (χ2v) is 8.56. The first-order chi connectivity index (χ1) is 17.1. The van der Waals surface area contributed by atoms with E-state index in [1.54, 1.807) is 0 Å². The number of aliphatic hydroxyl groups excluding tert-OH is 2. The quantitative estimate of drug-likeness (QED) is 0.241. The molecule has 0 bridgehead atoms. The van der Waals surface area contributed by atoms with E-state index in [-0.39, 0.29) is 26.4 Å². The second kappa shape index (κ2) is 14.1. The molecule has 0 saturated carbocycles. The molecule has 0 radical (unpaired) electrons. The van der Waals surface area contributed by atoms with E-state index < -0.39 is 78.6 Å². The van der Waals surface area contributed by atoms with E-state index in [2.05, 4.69) is 0 Å². The van der Waals surface area contributed by atoms with Crippen LogP contribution in [0.15, 0.2) is 0 Å². The van der Waals surface area contributed by atoms with Gasteiger partial charge in [-0.15, -0.1) is 0 Å². The van der Waals surface area contributed by atoms with Crippen LogP contribution in [0.5, 0.6) is 0 Å². The molecular formula is C22H35O14-. The number of ether oxygens (including phenoxy) is 8. The third-order valence-corrected chi connectivity index (χ3v) is 6.22.